The Balaban J connectivity index is 1.62. The van der Waals surface area contributed by atoms with Gasteiger partial charge in [-0.15, -0.1) is 11.3 Å². The molecule has 1 aliphatic rings. The molecule has 29 heavy (non-hydrogen) atoms. The molecule has 0 spiro atoms. The van der Waals surface area contributed by atoms with Gasteiger partial charge in [0, 0.05) is 43.7 Å². The van der Waals surface area contributed by atoms with E-state index in [1.165, 1.54) is 10.4 Å². The highest BCUT2D eigenvalue weighted by atomic mass is 32.1. The maximum atomic E-state index is 5.73. The topological polar surface area (TPSA) is 58.1 Å². The molecule has 2 N–H and O–H groups in total. The molecule has 0 saturated carbocycles. The average molecular weight is 417 g/mol. The van der Waals surface area contributed by atoms with Crippen LogP contribution in [0.1, 0.15) is 29.0 Å². The third-order valence-corrected chi connectivity index (χ3v) is 6.13. The molecule has 1 saturated heterocycles. The second-order valence-electron chi connectivity index (χ2n) is 7.33. The van der Waals surface area contributed by atoms with Crippen molar-refractivity contribution >= 4 is 17.3 Å². The Kier molecular flexibility index (Phi) is 7.91. The second-order valence-corrected chi connectivity index (χ2v) is 8.31. The van der Waals surface area contributed by atoms with Gasteiger partial charge >= 0.3 is 0 Å². The lowest BCUT2D eigenvalue weighted by atomic mass is 10.1. The van der Waals surface area contributed by atoms with Gasteiger partial charge in [0.15, 0.2) is 5.96 Å². The van der Waals surface area contributed by atoms with E-state index in [0.717, 1.165) is 43.5 Å². The summed E-state index contributed by atoms with van der Waals surface area (Å²) in [7, 11) is 3.51. The van der Waals surface area contributed by atoms with Crippen LogP contribution in [0.2, 0.25) is 0 Å². The highest BCUT2D eigenvalue weighted by molar-refractivity contribution is 7.10. The predicted octanol–water partition coefficient (Wildman–Crippen LogP) is 3.19. The fourth-order valence-electron chi connectivity index (χ4n) is 3.61. The summed E-state index contributed by atoms with van der Waals surface area (Å²) in [5.41, 5.74) is 2.30. The number of rotatable bonds is 7. The van der Waals surface area contributed by atoms with E-state index >= 15 is 0 Å². The first kappa shape index (κ1) is 21.6. The summed E-state index contributed by atoms with van der Waals surface area (Å²) in [6.07, 6.45) is 0.262. The molecule has 7 heteroatoms. The maximum Gasteiger partial charge on any atom is 0.191 e. The number of nitrogens with one attached hydrogen (secondary N) is 2. The summed E-state index contributed by atoms with van der Waals surface area (Å²) in [6.45, 7) is 8.32. The lowest BCUT2D eigenvalue weighted by molar-refractivity contribution is -0.0334. The number of morpholine rings is 1. The third-order valence-electron chi connectivity index (χ3n) is 5.16. The smallest absolute Gasteiger partial charge is 0.191 e. The van der Waals surface area contributed by atoms with E-state index in [2.05, 4.69) is 70.1 Å². The monoisotopic (exact) mass is 416 g/mol. The van der Waals surface area contributed by atoms with Gasteiger partial charge in [0.05, 0.1) is 25.9 Å². The van der Waals surface area contributed by atoms with Crippen molar-refractivity contribution in [3.05, 3.63) is 51.7 Å². The average Bonchev–Trinajstić information content (AvgIpc) is 3.25. The Labute approximate surface area is 177 Å². The molecule has 3 rings (SSSR count). The Morgan fingerprint density at radius 3 is 2.93 bits per heavy atom. The number of ether oxygens (including phenoxy) is 2. The molecule has 0 amide bonds. The maximum absolute atomic E-state index is 5.73. The van der Waals surface area contributed by atoms with Gasteiger partial charge in [0.2, 0.25) is 0 Å². The lowest BCUT2D eigenvalue weighted by Gasteiger charge is -2.37. The molecule has 6 nitrogen and oxygen atoms in total. The first-order valence-electron chi connectivity index (χ1n) is 10.1. The standard InChI is InChI=1S/C22H32N4O2S/c1-16-7-8-18(20(12-16)27-4)13-24-22(23-3)25-14-19(21-6-5-11-29-21)26-9-10-28-17(2)15-26/h5-8,11-12,17,19H,9-10,13-15H2,1-4H3,(H2,23,24,25). The van der Waals surface area contributed by atoms with Gasteiger partial charge in [0.1, 0.15) is 5.75 Å². The molecule has 1 aliphatic heterocycles. The van der Waals surface area contributed by atoms with E-state index in [1.54, 1.807) is 25.5 Å². The van der Waals surface area contributed by atoms with Crippen molar-refractivity contribution in [3.8, 4) is 5.75 Å². The molecular weight excluding hydrogens is 384 g/mol. The van der Waals surface area contributed by atoms with Gasteiger partial charge in [-0.2, -0.15) is 0 Å². The minimum Gasteiger partial charge on any atom is -0.496 e. The molecule has 158 valence electrons. The van der Waals surface area contributed by atoms with Gasteiger partial charge in [-0.1, -0.05) is 18.2 Å². The quantitative estimate of drug-likeness (QED) is 0.536. The molecule has 0 aliphatic carbocycles. The lowest BCUT2D eigenvalue weighted by Crippen LogP contribution is -2.47. The van der Waals surface area contributed by atoms with E-state index in [4.69, 9.17) is 9.47 Å². The summed E-state index contributed by atoms with van der Waals surface area (Å²) in [4.78, 5) is 8.27. The van der Waals surface area contributed by atoms with Crippen LogP contribution in [0.5, 0.6) is 5.75 Å². The molecule has 1 fully saturated rings. The van der Waals surface area contributed by atoms with Crippen LogP contribution in [-0.2, 0) is 11.3 Å². The van der Waals surface area contributed by atoms with Crippen LogP contribution in [-0.4, -0.2) is 57.4 Å². The molecule has 2 unspecified atom stereocenters. The highest BCUT2D eigenvalue weighted by Crippen LogP contribution is 2.26. The van der Waals surface area contributed by atoms with Crippen LogP contribution < -0.4 is 15.4 Å². The van der Waals surface area contributed by atoms with Crippen LogP contribution in [0.25, 0.3) is 0 Å². The normalized spacial score (nSPS) is 19.0. The van der Waals surface area contributed by atoms with E-state index in [0.29, 0.717) is 12.6 Å². The number of guanidine groups is 1. The van der Waals surface area contributed by atoms with Crippen LogP contribution in [0.3, 0.4) is 0 Å². The minimum absolute atomic E-state index is 0.262. The fraction of sp³-hybridized carbons (Fsp3) is 0.500. The minimum atomic E-state index is 0.262. The zero-order valence-electron chi connectivity index (χ0n) is 17.8. The van der Waals surface area contributed by atoms with Crippen molar-refractivity contribution in [2.45, 2.75) is 32.5 Å². The van der Waals surface area contributed by atoms with Gasteiger partial charge in [-0.3, -0.25) is 9.89 Å². The van der Waals surface area contributed by atoms with E-state index in [9.17, 15) is 0 Å². The van der Waals surface area contributed by atoms with Crippen molar-refractivity contribution in [3.63, 3.8) is 0 Å². The first-order valence-corrected chi connectivity index (χ1v) is 11.0. The zero-order valence-corrected chi connectivity index (χ0v) is 18.6. The summed E-state index contributed by atoms with van der Waals surface area (Å²) in [5, 5.41) is 9.06. The van der Waals surface area contributed by atoms with Gasteiger partial charge in [-0.25, -0.2) is 0 Å². The highest BCUT2D eigenvalue weighted by Gasteiger charge is 2.26. The molecule has 1 aromatic carbocycles. The predicted molar refractivity (Wildman–Crippen MR) is 120 cm³/mol. The molecule has 2 atom stereocenters. The van der Waals surface area contributed by atoms with Gasteiger partial charge in [-0.05, 0) is 36.9 Å². The Hall–Kier alpha value is -2.09. The number of nitrogens with zero attached hydrogens (tertiary/aromatic N) is 2. The van der Waals surface area contributed by atoms with Crippen molar-refractivity contribution in [1.82, 2.24) is 15.5 Å². The van der Waals surface area contributed by atoms with Gasteiger partial charge < -0.3 is 20.1 Å². The summed E-state index contributed by atoms with van der Waals surface area (Å²) >= 11 is 1.80. The number of aryl methyl sites for hydroxylation is 1. The second kappa shape index (κ2) is 10.6. The molecule has 1 aromatic heterocycles. The first-order chi connectivity index (χ1) is 14.1. The molecule has 0 bridgehead atoms. The van der Waals surface area contributed by atoms with Crippen molar-refractivity contribution in [1.29, 1.82) is 0 Å². The van der Waals surface area contributed by atoms with Crippen molar-refractivity contribution in [2.24, 2.45) is 4.99 Å². The summed E-state index contributed by atoms with van der Waals surface area (Å²) in [6, 6.07) is 10.9. The zero-order chi connectivity index (χ0) is 20.6. The van der Waals surface area contributed by atoms with Crippen molar-refractivity contribution < 1.29 is 9.47 Å². The Morgan fingerprint density at radius 2 is 2.24 bits per heavy atom. The molecule has 2 aromatic rings. The Morgan fingerprint density at radius 1 is 1.38 bits per heavy atom. The van der Waals surface area contributed by atoms with Gasteiger partial charge in [0.25, 0.3) is 0 Å². The number of methoxy groups -OCH3 is 1. The van der Waals surface area contributed by atoms with E-state index < -0.39 is 0 Å². The van der Waals surface area contributed by atoms with Crippen LogP contribution in [0.15, 0.2) is 40.7 Å². The van der Waals surface area contributed by atoms with E-state index in [-0.39, 0.29) is 6.10 Å². The Bertz CT molecular complexity index is 794. The van der Waals surface area contributed by atoms with Crippen LogP contribution in [0, 0.1) is 6.92 Å². The van der Waals surface area contributed by atoms with Crippen molar-refractivity contribution in [2.75, 3.05) is 40.4 Å². The third kappa shape index (κ3) is 5.95. The van der Waals surface area contributed by atoms with Crippen LogP contribution >= 0.6 is 11.3 Å². The number of aliphatic imine (C=N–C) groups is 1. The summed E-state index contributed by atoms with van der Waals surface area (Å²) in [5.74, 6) is 1.68. The number of hydrogen-bond acceptors (Lipinski definition) is 5. The fourth-order valence-corrected chi connectivity index (χ4v) is 4.47. The summed E-state index contributed by atoms with van der Waals surface area (Å²) < 4.78 is 11.2. The number of thiophene rings is 1. The van der Waals surface area contributed by atoms with Crippen LogP contribution in [0.4, 0.5) is 0 Å². The molecule has 2 heterocycles. The SMILES string of the molecule is CN=C(NCc1ccc(C)cc1OC)NCC(c1cccs1)N1CCOC(C)C1. The largest absolute Gasteiger partial charge is 0.496 e. The van der Waals surface area contributed by atoms with E-state index in [1.807, 2.05) is 0 Å². The molecular formula is C22H32N4O2S. The number of benzene rings is 1. The number of hydrogen-bond donors (Lipinski definition) is 2. The molecule has 0 radical (unpaired) electrons.